The van der Waals surface area contributed by atoms with Gasteiger partial charge in [-0.25, -0.2) is 4.39 Å². The van der Waals surface area contributed by atoms with E-state index in [0.29, 0.717) is 17.0 Å². The highest BCUT2D eigenvalue weighted by atomic mass is 35.5. The van der Waals surface area contributed by atoms with Crippen molar-refractivity contribution in [2.24, 2.45) is 5.84 Å². The van der Waals surface area contributed by atoms with Crippen LogP contribution in [0.15, 0.2) is 42.7 Å². The van der Waals surface area contributed by atoms with Gasteiger partial charge in [-0.05, 0) is 54.7 Å². The number of halogens is 2. The van der Waals surface area contributed by atoms with Crippen LogP contribution in [0.1, 0.15) is 17.5 Å². The molecule has 1 aromatic heterocycles. The number of hydrazine groups is 1. The molecule has 0 aliphatic carbocycles. The van der Waals surface area contributed by atoms with E-state index in [2.05, 4.69) is 10.4 Å². The van der Waals surface area contributed by atoms with Crippen molar-refractivity contribution in [2.75, 3.05) is 0 Å². The summed E-state index contributed by atoms with van der Waals surface area (Å²) in [4.78, 5) is 4.07. The lowest BCUT2D eigenvalue weighted by atomic mass is 10.00. The lowest BCUT2D eigenvalue weighted by molar-refractivity contribution is 0.480. The zero-order valence-electron chi connectivity index (χ0n) is 11.0. The number of nitrogens with zero attached hydrogens (tertiary/aromatic N) is 1. The fraction of sp³-hybridized carbons (Fsp3) is 0.267. The van der Waals surface area contributed by atoms with Gasteiger partial charge in [0.25, 0.3) is 0 Å². The molecule has 0 saturated heterocycles. The predicted octanol–water partition coefficient (Wildman–Crippen LogP) is 2.88. The van der Waals surface area contributed by atoms with Crippen LogP contribution in [-0.2, 0) is 12.8 Å². The van der Waals surface area contributed by atoms with E-state index in [1.807, 2.05) is 18.3 Å². The van der Waals surface area contributed by atoms with Crippen molar-refractivity contribution in [3.8, 4) is 0 Å². The maximum Gasteiger partial charge on any atom is 0.126 e. The quantitative estimate of drug-likeness (QED) is 0.636. The van der Waals surface area contributed by atoms with E-state index in [-0.39, 0.29) is 11.9 Å². The van der Waals surface area contributed by atoms with E-state index in [9.17, 15) is 4.39 Å². The van der Waals surface area contributed by atoms with Gasteiger partial charge < -0.3 is 0 Å². The largest absolute Gasteiger partial charge is 0.271 e. The molecule has 0 aliphatic heterocycles. The summed E-state index contributed by atoms with van der Waals surface area (Å²) in [6, 6.07) is 8.47. The van der Waals surface area contributed by atoms with Crippen molar-refractivity contribution in [1.82, 2.24) is 10.4 Å². The van der Waals surface area contributed by atoms with Crippen LogP contribution < -0.4 is 11.3 Å². The Kier molecular flexibility index (Phi) is 5.47. The SMILES string of the molecule is NNC(CCc1cccnc1)Cc1cc(Cl)ccc1F. The fourth-order valence-electron chi connectivity index (χ4n) is 2.10. The second-order valence-corrected chi connectivity index (χ2v) is 5.14. The summed E-state index contributed by atoms with van der Waals surface area (Å²) in [6.07, 6.45) is 5.71. The van der Waals surface area contributed by atoms with Crippen LogP contribution in [-0.4, -0.2) is 11.0 Å². The highest BCUT2D eigenvalue weighted by molar-refractivity contribution is 6.30. The van der Waals surface area contributed by atoms with Crippen LogP contribution in [0.25, 0.3) is 0 Å². The van der Waals surface area contributed by atoms with Gasteiger partial charge in [0.15, 0.2) is 0 Å². The molecule has 0 amide bonds. The zero-order chi connectivity index (χ0) is 14.4. The minimum Gasteiger partial charge on any atom is -0.271 e. The first-order chi connectivity index (χ1) is 9.69. The molecule has 20 heavy (non-hydrogen) atoms. The predicted molar refractivity (Wildman–Crippen MR) is 78.8 cm³/mol. The Morgan fingerprint density at radius 1 is 1.35 bits per heavy atom. The molecular formula is C15H17ClFN3. The van der Waals surface area contributed by atoms with Gasteiger partial charge >= 0.3 is 0 Å². The average Bonchev–Trinajstić information content (AvgIpc) is 2.48. The topological polar surface area (TPSA) is 50.9 Å². The second-order valence-electron chi connectivity index (χ2n) is 4.70. The summed E-state index contributed by atoms with van der Waals surface area (Å²) < 4.78 is 13.7. The van der Waals surface area contributed by atoms with E-state index in [1.165, 1.54) is 6.07 Å². The van der Waals surface area contributed by atoms with E-state index in [1.54, 1.807) is 18.3 Å². The van der Waals surface area contributed by atoms with E-state index in [4.69, 9.17) is 17.4 Å². The van der Waals surface area contributed by atoms with Gasteiger partial charge in [0, 0.05) is 23.5 Å². The van der Waals surface area contributed by atoms with Gasteiger partial charge in [-0.3, -0.25) is 16.3 Å². The Bertz CT molecular complexity index is 548. The number of benzene rings is 1. The van der Waals surface area contributed by atoms with Crippen molar-refractivity contribution in [2.45, 2.75) is 25.3 Å². The van der Waals surface area contributed by atoms with Crippen LogP contribution >= 0.6 is 11.6 Å². The summed E-state index contributed by atoms with van der Waals surface area (Å²) in [6.45, 7) is 0. The molecule has 1 aromatic carbocycles. The van der Waals surface area contributed by atoms with Crippen LogP contribution in [0.2, 0.25) is 5.02 Å². The van der Waals surface area contributed by atoms with Crippen molar-refractivity contribution < 1.29 is 4.39 Å². The molecule has 1 heterocycles. The van der Waals surface area contributed by atoms with Crippen molar-refractivity contribution in [3.63, 3.8) is 0 Å². The lowest BCUT2D eigenvalue weighted by Crippen LogP contribution is -2.37. The third-order valence-corrected chi connectivity index (χ3v) is 3.45. The Morgan fingerprint density at radius 2 is 2.20 bits per heavy atom. The molecular weight excluding hydrogens is 277 g/mol. The Hall–Kier alpha value is -1.49. The number of nitrogens with two attached hydrogens (primary N) is 1. The minimum absolute atomic E-state index is 0.0110. The first-order valence-corrected chi connectivity index (χ1v) is 6.86. The van der Waals surface area contributed by atoms with E-state index < -0.39 is 0 Å². The molecule has 1 atom stereocenters. The maximum absolute atomic E-state index is 13.7. The molecule has 0 saturated carbocycles. The highest BCUT2D eigenvalue weighted by Crippen LogP contribution is 2.17. The van der Waals surface area contributed by atoms with Crippen LogP contribution in [0.3, 0.4) is 0 Å². The van der Waals surface area contributed by atoms with Crippen LogP contribution in [0, 0.1) is 5.82 Å². The molecule has 0 aliphatic rings. The molecule has 0 bridgehead atoms. The van der Waals surface area contributed by atoms with Crippen molar-refractivity contribution >= 4 is 11.6 Å². The molecule has 0 radical (unpaired) electrons. The molecule has 3 nitrogen and oxygen atoms in total. The molecule has 3 N–H and O–H groups in total. The average molecular weight is 294 g/mol. The standard InChI is InChI=1S/C15H17ClFN3/c16-13-4-6-15(17)12(8-13)9-14(20-18)5-3-11-2-1-7-19-10-11/h1-2,4,6-8,10,14,20H,3,5,9,18H2. The van der Waals surface area contributed by atoms with E-state index in [0.717, 1.165) is 18.4 Å². The number of aryl methyl sites for hydroxylation is 1. The minimum atomic E-state index is -0.254. The Labute approximate surface area is 122 Å². The van der Waals surface area contributed by atoms with Gasteiger partial charge in [-0.2, -0.15) is 0 Å². The first-order valence-electron chi connectivity index (χ1n) is 6.48. The number of hydrogen-bond acceptors (Lipinski definition) is 3. The second kappa shape index (κ2) is 7.33. The van der Waals surface area contributed by atoms with Crippen LogP contribution in [0.5, 0.6) is 0 Å². The third-order valence-electron chi connectivity index (χ3n) is 3.21. The summed E-state index contributed by atoms with van der Waals surface area (Å²) in [5.74, 6) is 5.30. The summed E-state index contributed by atoms with van der Waals surface area (Å²) >= 11 is 5.89. The maximum atomic E-state index is 13.7. The third kappa shape index (κ3) is 4.27. The molecule has 106 valence electrons. The molecule has 5 heteroatoms. The molecule has 2 aromatic rings. The van der Waals surface area contributed by atoms with Crippen LogP contribution in [0.4, 0.5) is 4.39 Å². The number of hydrogen-bond donors (Lipinski definition) is 2. The smallest absolute Gasteiger partial charge is 0.126 e. The zero-order valence-corrected chi connectivity index (χ0v) is 11.8. The summed E-state index contributed by atoms with van der Waals surface area (Å²) in [5, 5.41) is 0.532. The molecule has 2 rings (SSSR count). The normalized spacial score (nSPS) is 12.3. The number of nitrogens with one attached hydrogen (secondary N) is 1. The molecule has 0 spiro atoms. The lowest BCUT2D eigenvalue weighted by Gasteiger charge is -2.16. The van der Waals surface area contributed by atoms with Gasteiger partial charge in [0.05, 0.1) is 0 Å². The van der Waals surface area contributed by atoms with E-state index >= 15 is 0 Å². The van der Waals surface area contributed by atoms with Gasteiger partial charge in [0.2, 0.25) is 0 Å². The van der Waals surface area contributed by atoms with Crippen molar-refractivity contribution in [1.29, 1.82) is 0 Å². The Balaban J connectivity index is 1.97. The molecule has 0 fully saturated rings. The number of aromatic nitrogens is 1. The summed E-state index contributed by atoms with van der Waals surface area (Å²) in [7, 11) is 0. The van der Waals surface area contributed by atoms with Gasteiger partial charge in [0.1, 0.15) is 5.82 Å². The summed E-state index contributed by atoms with van der Waals surface area (Å²) in [5.41, 5.74) is 4.45. The molecule has 1 unspecified atom stereocenters. The Morgan fingerprint density at radius 3 is 2.90 bits per heavy atom. The van der Waals surface area contributed by atoms with Gasteiger partial charge in [-0.15, -0.1) is 0 Å². The van der Waals surface area contributed by atoms with Gasteiger partial charge in [-0.1, -0.05) is 17.7 Å². The van der Waals surface area contributed by atoms with Crippen molar-refractivity contribution in [3.05, 3.63) is 64.7 Å². The monoisotopic (exact) mass is 293 g/mol. The number of rotatable bonds is 6. The number of pyridine rings is 1. The first kappa shape index (κ1) is 14.9. The highest BCUT2D eigenvalue weighted by Gasteiger charge is 2.12. The fourth-order valence-corrected chi connectivity index (χ4v) is 2.29.